The van der Waals surface area contributed by atoms with Gasteiger partial charge in [0.1, 0.15) is 5.82 Å². The van der Waals surface area contributed by atoms with Crippen LogP contribution < -0.4 is 0 Å². The number of benzene rings is 1. The molecule has 4 nitrogen and oxygen atoms in total. The molecule has 1 aliphatic heterocycles. The molecule has 1 fully saturated rings. The average molecular weight is 251 g/mol. The fraction of sp³-hybridized carbons (Fsp3) is 0.385. The topological polar surface area (TPSA) is 46.6 Å². The molecule has 18 heavy (non-hydrogen) atoms. The molecule has 1 aliphatic rings. The quantitative estimate of drug-likeness (QED) is 0.767. The molecule has 0 N–H and O–H groups in total. The van der Waals surface area contributed by atoms with Crippen molar-refractivity contribution in [2.24, 2.45) is 0 Å². The Kier molecular flexibility index (Phi) is 3.92. The number of amides is 1. The molecule has 1 amide bonds. The molecule has 0 aliphatic carbocycles. The van der Waals surface area contributed by atoms with Crippen LogP contribution in [0.2, 0.25) is 0 Å². The van der Waals surface area contributed by atoms with Crippen molar-refractivity contribution in [3.8, 4) is 0 Å². The summed E-state index contributed by atoms with van der Waals surface area (Å²) in [6.07, 6.45) is 1.96. The predicted molar refractivity (Wildman–Crippen MR) is 62.5 cm³/mol. The lowest BCUT2D eigenvalue weighted by Gasteiger charge is -2.14. The molecule has 2 rings (SSSR count). The molecule has 0 aromatic heterocycles. The maximum absolute atomic E-state index is 13.3. The van der Waals surface area contributed by atoms with Gasteiger partial charge in [0.15, 0.2) is 6.61 Å². The summed E-state index contributed by atoms with van der Waals surface area (Å²) in [6, 6.07) is 5.54. The second-order valence-electron chi connectivity index (χ2n) is 4.14. The van der Waals surface area contributed by atoms with E-state index in [9.17, 15) is 14.0 Å². The van der Waals surface area contributed by atoms with Gasteiger partial charge < -0.3 is 9.64 Å². The van der Waals surface area contributed by atoms with E-state index in [-0.39, 0.29) is 18.1 Å². The summed E-state index contributed by atoms with van der Waals surface area (Å²) < 4.78 is 18.1. The van der Waals surface area contributed by atoms with Crippen LogP contribution in [0.25, 0.3) is 0 Å². The first kappa shape index (κ1) is 12.5. The largest absolute Gasteiger partial charge is 0.452 e. The zero-order valence-corrected chi connectivity index (χ0v) is 9.89. The van der Waals surface area contributed by atoms with E-state index in [0.29, 0.717) is 13.1 Å². The van der Waals surface area contributed by atoms with Crippen molar-refractivity contribution in [3.05, 3.63) is 35.6 Å². The summed E-state index contributed by atoms with van der Waals surface area (Å²) in [5.41, 5.74) is -0.147. The number of likely N-dealkylation sites (tertiary alicyclic amines) is 1. The molecule has 5 heteroatoms. The minimum atomic E-state index is -0.805. The van der Waals surface area contributed by atoms with Gasteiger partial charge in [-0.15, -0.1) is 0 Å². The van der Waals surface area contributed by atoms with E-state index in [1.54, 1.807) is 11.0 Å². The Morgan fingerprint density at radius 1 is 1.22 bits per heavy atom. The monoisotopic (exact) mass is 251 g/mol. The van der Waals surface area contributed by atoms with E-state index in [0.717, 1.165) is 12.8 Å². The Labute approximate surface area is 104 Å². The standard InChI is InChI=1S/C13H14FNO3/c14-11-6-2-1-5-10(11)13(17)18-9-12(16)15-7-3-4-8-15/h1-2,5-6H,3-4,7-9H2. The lowest BCUT2D eigenvalue weighted by molar-refractivity contribution is -0.133. The highest BCUT2D eigenvalue weighted by Crippen LogP contribution is 2.10. The van der Waals surface area contributed by atoms with Crippen LogP contribution in [0.5, 0.6) is 0 Å². The Balaban J connectivity index is 1.88. The van der Waals surface area contributed by atoms with E-state index < -0.39 is 11.8 Å². The normalized spacial score (nSPS) is 14.6. The summed E-state index contributed by atoms with van der Waals surface area (Å²) in [5, 5.41) is 0. The van der Waals surface area contributed by atoms with Crippen LogP contribution in [-0.2, 0) is 9.53 Å². The number of ether oxygens (including phenoxy) is 1. The van der Waals surface area contributed by atoms with Crippen LogP contribution in [0.15, 0.2) is 24.3 Å². The summed E-state index contributed by atoms with van der Waals surface area (Å²) in [6.45, 7) is 1.08. The van der Waals surface area contributed by atoms with Gasteiger partial charge in [-0.1, -0.05) is 12.1 Å². The maximum atomic E-state index is 13.3. The Bertz CT molecular complexity index is 455. The van der Waals surface area contributed by atoms with Crippen LogP contribution in [0.4, 0.5) is 4.39 Å². The lowest BCUT2D eigenvalue weighted by Crippen LogP contribution is -2.32. The van der Waals surface area contributed by atoms with E-state index >= 15 is 0 Å². The lowest BCUT2D eigenvalue weighted by atomic mass is 10.2. The Hall–Kier alpha value is -1.91. The summed E-state index contributed by atoms with van der Waals surface area (Å²) >= 11 is 0. The molecule has 1 aromatic rings. The fourth-order valence-corrected chi connectivity index (χ4v) is 1.89. The summed E-state index contributed by atoms with van der Waals surface area (Å²) in [5.74, 6) is -1.67. The minimum absolute atomic E-state index is 0.147. The van der Waals surface area contributed by atoms with E-state index in [4.69, 9.17) is 4.74 Å². The fourth-order valence-electron chi connectivity index (χ4n) is 1.89. The first-order valence-corrected chi connectivity index (χ1v) is 5.88. The molecule has 1 aromatic carbocycles. The van der Waals surface area contributed by atoms with Crippen molar-refractivity contribution >= 4 is 11.9 Å². The van der Waals surface area contributed by atoms with Gasteiger partial charge in [-0.05, 0) is 25.0 Å². The maximum Gasteiger partial charge on any atom is 0.341 e. The van der Waals surface area contributed by atoms with E-state index in [1.165, 1.54) is 18.2 Å². The molecule has 96 valence electrons. The first-order valence-electron chi connectivity index (χ1n) is 5.88. The van der Waals surface area contributed by atoms with Crippen molar-refractivity contribution in [1.82, 2.24) is 4.90 Å². The smallest absolute Gasteiger partial charge is 0.341 e. The van der Waals surface area contributed by atoms with Gasteiger partial charge in [0.25, 0.3) is 5.91 Å². The van der Waals surface area contributed by atoms with Crippen LogP contribution in [0.3, 0.4) is 0 Å². The molecule has 0 bridgehead atoms. The SMILES string of the molecule is O=C(OCC(=O)N1CCCC1)c1ccccc1F. The molecule has 0 unspecified atom stereocenters. The molecule has 0 spiro atoms. The number of carbonyl (C=O) groups is 2. The number of hydrogen-bond donors (Lipinski definition) is 0. The molecule has 0 atom stereocenters. The highest BCUT2D eigenvalue weighted by atomic mass is 19.1. The molecule has 1 saturated heterocycles. The third kappa shape index (κ3) is 2.85. The summed E-state index contributed by atoms with van der Waals surface area (Å²) in [4.78, 5) is 24.8. The highest BCUT2D eigenvalue weighted by Gasteiger charge is 2.20. The van der Waals surface area contributed by atoms with Crippen LogP contribution in [0.1, 0.15) is 23.2 Å². The van der Waals surface area contributed by atoms with Gasteiger partial charge in [-0.3, -0.25) is 4.79 Å². The second kappa shape index (κ2) is 5.62. The molecule has 1 heterocycles. The average Bonchev–Trinajstić information content (AvgIpc) is 2.90. The second-order valence-corrected chi connectivity index (χ2v) is 4.14. The number of halogens is 1. The van der Waals surface area contributed by atoms with Gasteiger partial charge in [-0.25, -0.2) is 9.18 Å². The van der Waals surface area contributed by atoms with Crippen molar-refractivity contribution in [3.63, 3.8) is 0 Å². The molecular formula is C13H14FNO3. The van der Waals surface area contributed by atoms with Gasteiger partial charge in [-0.2, -0.15) is 0 Å². The zero-order chi connectivity index (χ0) is 13.0. The number of carbonyl (C=O) groups excluding carboxylic acids is 2. The van der Waals surface area contributed by atoms with Crippen LogP contribution in [-0.4, -0.2) is 36.5 Å². The highest BCUT2D eigenvalue weighted by molar-refractivity contribution is 5.91. The van der Waals surface area contributed by atoms with Crippen LogP contribution >= 0.6 is 0 Å². The zero-order valence-electron chi connectivity index (χ0n) is 9.89. The minimum Gasteiger partial charge on any atom is -0.452 e. The molecular weight excluding hydrogens is 237 g/mol. The molecule has 0 radical (unpaired) electrons. The van der Waals surface area contributed by atoms with Crippen molar-refractivity contribution in [2.75, 3.05) is 19.7 Å². The number of nitrogens with zero attached hydrogens (tertiary/aromatic N) is 1. The van der Waals surface area contributed by atoms with Gasteiger partial charge in [0.2, 0.25) is 0 Å². The van der Waals surface area contributed by atoms with Gasteiger partial charge in [0.05, 0.1) is 5.56 Å². The third-order valence-corrected chi connectivity index (χ3v) is 2.88. The first-order chi connectivity index (χ1) is 8.68. The number of esters is 1. The molecule has 0 saturated carbocycles. The van der Waals surface area contributed by atoms with Crippen molar-refractivity contribution in [2.45, 2.75) is 12.8 Å². The van der Waals surface area contributed by atoms with Crippen molar-refractivity contribution in [1.29, 1.82) is 0 Å². The number of hydrogen-bond acceptors (Lipinski definition) is 3. The Morgan fingerprint density at radius 2 is 1.89 bits per heavy atom. The van der Waals surface area contributed by atoms with Crippen LogP contribution in [0, 0.1) is 5.82 Å². The third-order valence-electron chi connectivity index (χ3n) is 2.88. The van der Waals surface area contributed by atoms with Gasteiger partial charge in [0, 0.05) is 13.1 Å². The van der Waals surface area contributed by atoms with Crippen molar-refractivity contribution < 1.29 is 18.7 Å². The summed E-state index contributed by atoms with van der Waals surface area (Å²) in [7, 11) is 0. The number of rotatable bonds is 3. The van der Waals surface area contributed by atoms with Gasteiger partial charge >= 0.3 is 5.97 Å². The predicted octanol–water partition coefficient (Wildman–Crippen LogP) is 1.60. The van der Waals surface area contributed by atoms with E-state index in [1.807, 2.05) is 0 Å². The van der Waals surface area contributed by atoms with E-state index in [2.05, 4.69) is 0 Å². The Morgan fingerprint density at radius 3 is 2.56 bits per heavy atom.